The van der Waals surface area contributed by atoms with Gasteiger partial charge >= 0.3 is 0 Å². The van der Waals surface area contributed by atoms with E-state index < -0.39 is 0 Å². The maximum Gasteiger partial charge on any atom is 0.223 e. The van der Waals surface area contributed by atoms with Crippen molar-refractivity contribution in [1.82, 2.24) is 10.2 Å². The molecule has 1 aromatic rings. The lowest BCUT2D eigenvalue weighted by atomic mass is 10.1. The predicted octanol–water partition coefficient (Wildman–Crippen LogP) is 1.45. The Morgan fingerprint density at radius 2 is 2.05 bits per heavy atom. The van der Waals surface area contributed by atoms with Crippen molar-refractivity contribution in [2.24, 2.45) is 0 Å². The molecule has 1 aliphatic rings. The number of benzene rings is 1. The van der Waals surface area contributed by atoms with Gasteiger partial charge in [-0.05, 0) is 31.0 Å². The molecular formula is C15H22N2O2. The largest absolute Gasteiger partial charge is 0.494 e. The van der Waals surface area contributed by atoms with Crippen molar-refractivity contribution in [3.8, 4) is 5.75 Å². The van der Waals surface area contributed by atoms with Gasteiger partial charge in [-0.1, -0.05) is 12.1 Å². The van der Waals surface area contributed by atoms with E-state index in [4.69, 9.17) is 4.74 Å². The smallest absolute Gasteiger partial charge is 0.223 e. The van der Waals surface area contributed by atoms with Crippen LogP contribution in [-0.4, -0.2) is 43.6 Å². The Hall–Kier alpha value is -1.55. The second-order valence-electron chi connectivity index (χ2n) is 4.71. The first-order chi connectivity index (χ1) is 9.29. The summed E-state index contributed by atoms with van der Waals surface area (Å²) < 4.78 is 5.42. The van der Waals surface area contributed by atoms with E-state index in [9.17, 15) is 4.79 Å². The van der Waals surface area contributed by atoms with Crippen LogP contribution in [0.15, 0.2) is 24.3 Å². The highest BCUT2D eigenvalue weighted by molar-refractivity contribution is 5.76. The van der Waals surface area contributed by atoms with Crippen LogP contribution < -0.4 is 10.1 Å². The fourth-order valence-electron chi connectivity index (χ4n) is 2.24. The molecule has 0 aromatic heterocycles. The zero-order valence-corrected chi connectivity index (χ0v) is 11.5. The SMILES string of the molecule is CCOc1ccc(CCN2CCNCCC2=O)cc1. The number of nitrogens with one attached hydrogen (secondary N) is 1. The average Bonchev–Trinajstić information content (AvgIpc) is 2.63. The van der Waals surface area contributed by atoms with Crippen molar-refractivity contribution < 1.29 is 9.53 Å². The number of hydrogen-bond donors (Lipinski definition) is 1. The van der Waals surface area contributed by atoms with Gasteiger partial charge in [0.25, 0.3) is 0 Å². The minimum Gasteiger partial charge on any atom is -0.494 e. The Labute approximate surface area is 114 Å². The molecule has 0 bridgehead atoms. The molecule has 0 unspecified atom stereocenters. The molecule has 104 valence electrons. The molecule has 1 heterocycles. The number of carbonyl (C=O) groups is 1. The van der Waals surface area contributed by atoms with Gasteiger partial charge in [0.05, 0.1) is 6.61 Å². The van der Waals surface area contributed by atoms with Gasteiger partial charge in [-0.3, -0.25) is 4.79 Å². The third kappa shape index (κ3) is 4.24. The minimum atomic E-state index is 0.260. The molecule has 0 atom stereocenters. The zero-order valence-electron chi connectivity index (χ0n) is 11.5. The molecule has 0 radical (unpaired) electrons. The van der Waals surface area contributed by atoms with Gasteiger partial charge in [0.2, 0.25) is 5.91 Å². The summed E-state index contributed by atoms with van der Waals surface area (Å²) >= 11 is 0. The molecular weight excluding hydrogens is 240 g/mol. The summed E-state index contributed by atoms with van der Waals surface area (Å²) in [7, 11) is 0. The zero-order chi connectivity index (χ0) is 13.5. The summed E-state index contributed by atoms with van der Waals surface area (Å²) in [6.07, 6.45) is 1.52. The van der Waals surface area contributed by atoms with E-state index >= 15 is 0 Å². The number of carbonyl (C=O) groups excluding carboxylic acids is 1. The molecule has 0 spiro atoms. The first kappa shape index (κ1) is 13.9. The fraction of sp³-hybridized carbons (Fsp3) is 0.533. The number of ether oxygens (including phenoxy) is 1. The van der Waals surface area contributed by atoms with Crippen LogP contribution in [0.2, 0.25) is 0 Å². The lowest BCUT2D eigenvalue weighted by Gasteiger charge is -2.20. The normalized spacial score (nSPS) is 16.3. The van der Waals surface area contributed by atoms with Crippen LogP contribution in [0.3, 0.4) is 0 Å². The molecule has 4 nitrogen and oxygen atoms in total. The number of amides is 1. The standard InChI is InChI=1S/C15H22N2O2/c1-2-19-14-5-3-13(4-6-14)8-11-17-12-10-16-9-7-15(17)18/h3-6,16H,2,7-12H2,1H3. The molecule has 4 heteroatoms. The Morgan fingerprint density at radius 3 is 2.79 bits per heavy atom. The second kappa shape index (κ2) is 7.14. The highest BCUT2D eigenvalue weighted by Crippen LogP contribution is 2.13. The van der Waals surface area contributed by atoms with Gasteiger partial charge in [0.1, 0.15) is 5.75 Å². The van der Waals surface area contributed by atoms with Gasteiger partial charge in [-0.15, -0.1) is 0 Å². The summed E-state index contributed by atoms with van der Waals surface area (Å²) in [4.78, 5) is 13.8. The maximum absolute atomic E-state index is 11.8. The molecule has 1 N–H and O–H groups in total. The van der Waals surface area contributed by atoms with Crippen molar-refractivity contribution in [3.63, 3.8) is 0 Å². The molecule has 19 heavy (non-hydrogen) atoms. The second-order valence-corrected chi connectivity index (χ2v) is 4.71. The molecule has 1 amide bonds. The minimum absolute atomic E-state index is 0.260. The van der Waals surface area contributed by atoms with E-state index in [0.29, 0.717) is 13.0 Å². The van der Waals surface area contributed by atoms with Gasteiger partial charge in [0, 0.05) is 32.6 Å². The first-order valence-electron chi connectivity index (χ1n) is 7.00. The summed E-state index contributed by atoms with van der Waals surface area (Å²) in [5.41, 5.74) is 1.24. The van der Waals surface area contributed by atoms with Crippen LogP contribution in [0, 0.1) is 0 Å². The van der Waals surface area contributed by atoms with E-state index in [1.807, 2.05) is 24.0 Å². The summed E-state index contributed by atoms with van der Waals surface area (Å²) in [5.74, 6) is 1.16. The molecule has 1 aliphatic heterocycles. The van der Waals surface area contributed by atoms with Crippen LogP contribution >= 0.6 is 0 Å². The van der Waals surface area contributed by atoms with E-state index in [2.05, 4.69) is 17.4 Å². The predicted molar refractivity (Wildman–Crippen MR) is 75.4 cm³/mol. The third-order valence-electron chi connectivity index (χ3n) is 3.33. The molecule has 1 saturated heterocycles. The van der Waals surface area contributed by atoms with Gasteiger partial charge in [-0.2, -0.15) is 0 Å². The first-order valence-corrected chi connectivity index (χ1v) is 7.00. The van der Waals surface area contributed by atoms with Crippen molar-refractivity contribution >= 4 is 5.91 Å². The lowest BCUT2D eigenvalue weighted by molar-refractivity contribution is -0.130. The molecule has 0 saturated carbocycles. The van der Waals surface area contributed by atoms with Gasteiger partial charge in [0.15, 0.2) is 0 Å². The fourth-order valence-corrected chi connectivity index (χ4v) is 2.24. The Bertz CT molecular complexity index is 403. The molecule has 1 aromatic carbocycles. The molecule has 0 aliphatic carbocycles. The van der Waals surface area contributed by atoms with Crippen molar-refractivity contribution in [2.75, 3.05) is 32.8 Å². The van der Waals surface area contributed by atoms with E-state index in [-0.39, 0.29) is 5.91 Å². The van der Waals surface area contributed by atoms with Crippen LogP contribution in [0.1, 0.15) is 18.9 Å². The molecule has 2 rings (SSSR count). The highest BCUT2D eigenvalue weighted by Gasteiger charge is 2.15. The number of hydrogen-bond acceptors (Lipinski definition) is 3. The Kier molecular flexibility index (Phi) is 5.21. The maximum atomic E-state index is 11.8. The lowest BCUT2D eigenvalue weighted by Crippen LogP contribution is -2.34. The van der Waals surface area contributed by atoms with Crippen LogP contribution in [0.5, 0.6) is 5.75 Å². The van der Waals surface area contributed by atoms with Crippen molar-refractivity contribution in [1.29, 1.82) is 0 Å². The van der Waals surface area contributed by atoms with E-state index in [0.717, 1.165) is 38.3 Å². The average molecular weight is 262 g/mol. The van der Waals surface area contributed by atoms with E-state index in [1.165, 1.54) is 5.56 Å². The Balaban J connectivity index is 1.85. The van der Waals surface area contributed by atoms with Crippen LogP contribution in [0.25, 0.3) is 0 Å². The summed E-state index contributed by atoms with van der Waals surface area (Å²) in [5, 5.41) is 3.25. The number of nitrogens with zero attached hydrogens (tertiary/aromatic N) is 1. The Morgan fingerprint density at radius 1 is 1.26 bits per heavy atom. The summed E-state index contributed by atoms with van der Waals surface area (Å²) in [6, 6.07) is 8.13. The third-order valence-corrected chi connectivity index (χ3v) is 3.33. The number of rotatable bonds is 5. The van der Waals surface area contributed by atoms with Crippen LogP contribution in [0.4, 0.5) is 0 Å². The highest BCUT2D eigenvalue weighted by atomic mass is 16.5. The molecule has 1 fully saturated rings. The topological polar surface area (TPSA) is 41.6 Å². The van der Waals surface area contributed by atoms with Crippen LogP contribution in [-0.2, 0) is 11.2 Å². The summed E-state index contributed by atoms with van der Waals surface area (Å²) in [6.45, 7) is 5.99. The van der Waals surface area contributed by atoms with Crippen molar-refractivity contribution in [2.45, 2.75) is 19.8 Å². The monoisotopic (exact) mass is 262 g/mol. The van der Waals surface area contributed by atoms with E-state index in [1.54, 1.807) is 0 Å². The van der Waals surface area contributed by atoms with Crippen molar-refractivity contribution in [3.05, 3.63) is 29.8 Å². The van der Waals surface area contributed by atoms with Gasteiger partial charge < -0.3 is 15.0 Å². The quantitative estimate of drug-likeness (QED) is 0.873. The van der Waals surface area contributed by atoms with Gasteiger partial charge in [-0.25, -0.2) is 0 Å².